The number of carboxylic acids is 1. The fourth-order valence-corrected chi connectivity index (χ4v) is 2.95. The Hall–Kier alpha value is -2.54. The van der Waals surface area contributed by atoms with Crippen molar-refractivity contribution in [1.82, 2.24) is 0 Å². The van der Waals surface area contributed by atoms with Gasteiger partial charge in [0, 0.05) is 0 Å². The second kappa shape index (κ2) is 7.35. The summed E-state index contributed by atoms with van der Waals surface area (Å²) >= 11 is 0.834. The van der Waals surface area contributed by atoms with Crippen molar-refractivity contribution in [2.45, 2.75) is 20.5 Å². The van der Waals surface area contributed by atoms with Gasteiger partial charge in [0.2, 0.25) is 0 Å². The van der Waals surface area contributed by atoms with Crippen LogP contribution in [0.1, 0.15) is 36.0 Å². The molecule has 0 fully saturated rings. The number of allylic oxidation sites excluding steroid dienone is 1. The highest BCUT2D eigenvalue weighted by molar-refractivity contribution is 7.16. The first-order valence-electron chi connectivity index (χ1n) is 6.87. The molecule has 1 aromatic carbocycles. The predicted molar refractivity (Wildman–Crippen MR) is 84.6 cm³/mol. The quantitative estimate of drug-likeness (QED) is 0.592. The van der Waals surface area contributed by atoms with E-state index in [1.165, 1.54) is 24.3 Å². The second-order valence-corrected chi connectivity index (χ2v) is 6.10. The van der Waals surface area contributed by atoms with Crippen LogP contribution in [0.2, 0.25) is 0 Å². The molecule has 0 aliphatic carbocycles. The first-order valence-corrected chi connectivity index (χ1v) is 7.69. The number of ether oxygens (including phenoxy) is 1. The molecular weight excluding hydrogens is 338 g/mol. The second-order valence-electron chi connectivity index (χ2n) is 5.01. The minimum absolute atomic E-state index is 0.0214. The summed E-state index contributed by atoms with van der Waals surface area (Å²) in [5.41, 5.74) is 1.70. The van der Waals surface area contributed by atoms with Gasteiger partial charge in [-0.15, -0.1) is 11.3 Å². The summed E-state index contributed by atoms with van der Waals surface area (Å²) in [5.74, 6) is -1.56. The summed E-state index contributed by atoms with van der Waals surface area (Å²) < 4.78 is 29.2. The Kier molecular flexibility index (Phi) is 5.46. The van der Waals surface area contributed by atoms with Crippen molar-refractivity contribution < 1.29 is 28.2 Å². The molecule has 0 amide bonds. The van der Waals surface area contributed by atoms with Gasteiger partial charge in [-0.25, -0.2) is 0 Å². The number of carbonyl (C=O) groups is 2. The molecule has 0 radical (unpaired) electrons. The molecule has 0 unspecified atom stereocenters. The number of thiophene rings is 1. The Bertz CT molecular complexity index is 786. The largest absolute Gasteiger partial charge is 0.544 e. The van der Waals surface area contributed by atoms with Crippen LogP contribution in [0.4, 0.5) is 8.78 Å². The van der Waals surface area contributed by atoms with E-state index in [9.17, 15) is 23.5 Å². The van der Waals surface area contributed by atoms with Crippen LogP contribution in [-0.2, 0) is 0 Å². The lowest BCUT2D eigenvalue weighted by atomic mass is 10.0. The van der Waals surface area contributed by atoms with E-state index in [-0.39, 0.29) is 21.3 Å². The van der Waals surface area contributed by atoms with Crippen LogP contribution >= 0.6 is 11.3 Å². The van der Waals surface area contributed by atoms with Crippen molar-refractivity contribution in [2.75, 3.05) is 0 Å². The molecule has 2 aromatic rings. The SMILES string of the molecule is Cc1cc(/C=C/C(=O)c2ccc(C(=O)[O-])s2)cc(C)c1OC(F)F. The lowest BCUT2D eigenvalue weighted by Crippen LogP contribution is -2.20. The third kappa shape index (κ3) is 4.26. The molecular formula is C17H13F2O4S-. The number of carboxylic acid groups (broad SMARTS) is 1. The zero-order chi connectivity index (χ0) is 17.9. The number of rotatable bonds is 6. The van der Waals surface area contributed by atoms with E-state index in [2.05, 4.69) is 4.74 Å². The van der Waals surface area contributed by atoms with E-state index in [1.807, 2.05) is 0 Å². The van der Waals surface area contributed by atoms with Crippen LogP contribution in [0, 0.1) is 13.8 Å². The number of aryl methyl sites for hydroxylation is 2. The molecule has 126 valence electrons. The summed E-state index contributed by atoms with van der Waals surface area (Å²) in [6, 6.07) is 5.97. The minimum Gasteiger partial charge on any atom is -0.544 e. The van der Waals surface area contributed by atoms with Crippen molar-refractivity contribution in [3.05, 3.63) is 56.8 Å². The van der Waals surface area contributed by atoms with Gasteiger partial charge >= 0.3 is 6.61 Å². The van der Waals surface area contributed by atoms with Crippen molar-refractivity contribution in [3.8, 4) is 5.75 Å². The maximum Gasteiger partial charge on any atom is 0.387 e. The molecule has 24 heavy (non-hydrogen) atoms. The summed E-state index contributed by atoms with van der Waals surface area (Å²) in [5, 5.41) is 10.7. The monoisotopic (exact) mass is 351 g/mol. The fourth-order valence-electron chi connectivity index (χ4n) is 2.19. The summed E-state index contributed by atoms with van der Waals surface area (Å²) in [4.78, 5) is 23.0. The maximum absolute atomic E-state index is 12.4. The van der Waals surface area contributed by atoms with Crippen molar-refractivity contribution in [3.63, 3.8) is 0 Å². The molecule has 1 aromatic heterocycles. The first kappa shape index (κ1) is 17.8. The molecule has 0 spiro atoms. The van der Waals surface area contributed by atoms with Gasteiger partial charge in [-0.05, 0) is 60.9 Å². The normalized spacial score (nSPS) is 11.2. The van der Waals surface area contributed by atoms with E-state index >= 15 is 0 Å². The molecule has 0 saturated carbocycles. The van der Waals surface area contributed by atoms with Crippen LogP contribution in [0.3, 0.4) is 0 Å². The van der Waals surface area contributed by atoms with Gasteiger partial charge in [0.1, 0.15) is 5.75 Å². The van der Waals surface area contributed by atoms with Crippen LogP contribution in [0.5, 0.6) is 5.75 Å². The van der Waals surface area contributed by atoms with Gasteiger partial charge < -0.3 is 14.6 Å². The minimum atomic E-state index is -2.90. The van der Waals surface area contributed by atoms with E-state index in [1.54, 1.807) is 26.0 Å². The Balaban J connectivity index is 2.19. The molecule has 2 rings (SSSR count). The van der Waals surface area contributed by atoms with Gasteiger partial charge in [-0.3, -0.25) is 4.79 Å². The number of ketones is 1. The van der Waals surface area contributed by atoms with Gasteiger partial charge in [0.25, 0.3) is 0 Å². The van der Waals surface area contributed by atoms with Gasteiger partial charge in [-0.1, -0.05) is 6.08 Å². The molecule has 0 aliphatic rings. The van der Waals surface area contributed by atoms with Crippen molar-refractivity contribution >= 4 is 29.2 Å². The van der Waals surface area contributed by atoms with E-state index < -0.39 is 12.6 Å². The number of halogens is 2. The van der Waals surface area contributed by atoms with E-state index in [0.29, 0.717) is 16.7 Å². The van der Waals surface area contributed by atoms with Gasteiger partial charge in [-0.2, -0.15) is 8.78 Å². The van der Waals surface area contributed by atoms with Crippen molar-refractivity contribution in [2.24, 2.45) is 0 Å². The molecule has 0 aliphatic heterocycles. The van der Waals surface area contributed by atoms with Crippen LogP contribution < -0.4 is 9.84 Å². The maximum atomic E-state index is 12.4. The average molecular weight is 351 g/mol. The Labute approximate surface area is 141 Å². The third-order valence-electron chi connectivity index (χ3n) is 3.17. The molecule has 0 N–H and O–H groups in total. The predicted octanol–water partition coefficient (Wildman–Crippen LogP) is 3.23. The highest BCUT2D eigenvalue weighted by Gasteiger charge is 2.11. The summed E-state index contributed by atoms with van der Waals surface area (Å²) in [7, 11) is 0. The van der Waals surface area contributed by atoms with E-state index in [4.69, 9.17) is 0 Å². The molecule has 0 atom stereocenters. The van der Waals surface area contributed by atoms with Crippen LogP contribution in [0.25, 0.3) is 6.08 Å². The molecule has 0 saturated heterocycles. The third-order valence-corrected chi connectivity index (χ3v) is 4.25. The summed E-state index contributed by atoms with van der Waals surface area (Å²) in [6.45, 7) is 0.368. The molecule has 4 nitrogen and oxygen atoms in total. The number of aromatic carboxylic acids is 1. The lowest BCUT2D eigenvalue weighted by molar-refractivity contribution is -0.254. The molecule has 7 heteroatoms. The topological polar surface area (TPSA) is 66.4 Å². The summed E-state index contributed by atoms with van der Waals surface area (Å²) in [6.07, 6.45) is 2.83. The Morgan fingerprint density at radius 1 is 1.17 bits per heavy atom. The van der Waals surface area contributed by atoms with Gasteiger partial charge in [0.05, 0.1) is 15.7 Å². The fraction of sp³-hybridized carbons (Fsp3) is 0.176. The highest BCUT2D eigenvalue weighted by atomic mass is 32.1. The standard InChI is InChI=1S/C17H14F2O4S/c1-9-7-11(8-10(2)15(9)23-17(18)19)3-4-12(20)13-5-6-14(24-13)16(21)22/h3-8,17H,1-2H3,(H,21,22)/p-1/b4-3+. The lowest BCUT2D eigenvalue weighted by Gasteiger charge is -2.12. The average Bonchev–Trinajstić information content (AvgIpc) is 2.98. The Morgan fingerprint density at radius 2 is 1.75 bits per heavy atom. The first-order chi connectivity index (χ1) is 11.3. The van der Waals surface area contributed by atoms with Crippen molar-refractivity contribution in [1.29, 1.82) is 0 Å². The zero-order valence-corrected chi connectivity index (χ0v) is 13.7. The zero-order valence-electron chi connectivity index (χ0n) is 12.8. The number of carbonyl (C=O) groups excluding carboxylic acids is 2. The highest BCUT2D eigenvalue weighted by Crippen LogP contribution is 2.27. The van der Waals surface area contributed by atoms with E-state index in [0.717, 1.165) is 11.3 Å². The Morgan fingerprint density at radius 3 is 2.25 bits per heavy atom. The molecule has 1 heterocycles. The van der Waals surface area contributed by atoms with Gasteiger partial charge in [0.15, 0.2) is 5.78 Å². The van der Waals surface area contributed by atoms with Crippen LogP contribution in [0.15, 0.2) is 30.3 Å². The number of hydrogen-bond donors (Lipinski definition) is 0. The smallest absolute Gasteiger partial charge is 0.387 e. The number of hydrogen-bond acceptors (Lipinski definition) is 5. The van der Waals surface area contributed by atoms with Crippen LogP contribution in [-0.4, -0.2) is 18.4 Å². The number of benzene rings is 1. The number of alkyl halides is 2. The molecule has 0 bridgehead atoms.